The fourth-order valence-corrected chi connectivity index (χ4v) is 4.92. The number of imidazole rings is 1. The Kier molecular flexibility index (Phi) is 5.20. The first-order chi connectivity index (χ1) is 13.8. The minimum Gasteiger partial charge on any atom is -0.329 e. The first-order valence-corrected chi connectivity index (χ1v) is 10.6. The molecule has 1 amide bonds. The predicted octanol–water partition coefficient (Wildman–Crippen LogP) is 4.09. The summed E-state index contributed by atoms with van der Waals surface area (Å²) in [5.41, 5.74) is 1.03. The van der Waals surface area contributed by atoms with Crippen molar-refractivity contribution in [3.05, 3.63) is 62.7 Å². The zero-order chi connectivity index (χ0) is 20.7. The number of thiophene rings is 1. The van der Waals surface area contributed by atoms with Gasteiger partial charge in [-0.3, -0.25) is 9.59 Å². The minimum absolute atomic E-state index is 0.170. The third kappa shape index (κ3) is 3.68. The molecule has 1 aromatic carbocycles. The van der Waals surface area contributed by atoms with Gasteiger partial charge in [0, 0.05) is 36.4 Å². The molecule has 0 saturated carbocycles. The number of nitrogens with zero attached hydrogens (tertiary/aromatic N) is 4. The molecule has 3 heterocycles. The van der Waals surface area contributed by atoms with Gasteiger partial charge in [0.2, 0.25) is 0 Å². The van der Waals surface area contributed by atoms with Crippen LogP contribution < -0.4 is 10.9 Å². The molecule has 0 aliphatic heterocycles. The summed E-state index contributed by atoms with van der Waals surface area (Å²) in [4.78, 5) is 35.8. The van der Waals surface area contributed by atoms with Gasteiger partial charge < -0.3 is 14.5 Å². The van der Waals surface area contributed by atoms with Crippen LogP contribution in [0, 0.1) is 6.92 Å². The maximum Gasteiger partial charge on any atom is 0.266 e. The maximum absolute atomic E-state index is 13.0. The number of fused-ring (bicyclic) bond motifs is 1. The molecule has 0 unspecified atom stereocenters. The van der Waals surface area contributed by atoms with Crippen molar-refractivity contribution < 1.29 is 4.79 Å². The second kappa shape index (κ2) is 7.66. The summed E-state index contributed by atoms with van der Waals surface area (Å²) in [6.45, 7) is 1.76. The molecule has 0 atom stereocenters. The zero-order valence-electron chi connectivity index (χ0n) is 15.8. The topological polar surface area (TPSA) is 81.8 Å². The molecule has 4 aromatic rings. The minimum atomic E-state index is -0.309. The van der Waals surface area contributed by atoms with Crippen LogP contribution in [-0.2, 0) is 14.1 Å². The van der Waals surface area contributed by atoms with Gasteiger partial charge in [-0.05, 0) is 42.4 Å². The molecule has 0 fully saturated rings. The maximum atomic E-state index is 13.0. The van der Waals surface area contributed by atoms with Gasteiger partial charge in [0.05, 0.1) is 22.3 Å². The Morgan fingerprint density at radius 1 is 1.24 bits per heavy atom. The summed E-state index contributed by atoms with van der Waals surface area (Å²) in [7, 11) is 3.54. The second-order valence-corrected chi connectivity index (χ2v) is 8.86. The summed E-state index contributed by atoms with van der Waals surface area (Å²) in [6.07, 6.45) is 5.02. The summed E-state index contributed by atoms with van der Waals surface area (Å²) in [5, 5.41) is 4.69. The van der Waals surface area contributed by atoms with Crippen LogP contribution in [0.2, 0.25) is 5.02 Å². The standard InChI is InChI=1S/C19H16ClN5O2S2/c1-10-14-17(22-9-25(3)18(14)27)29-15(10)16(26)23-12-8-11(20)4-5-13(12)28-19-21-6-7-24(19)2/h4-9H,1-3H3,(H,23,26). The number of rotatable bonds is 4. The van der Waals surface area contributed by atoms with Crippen LogP contribution in [0.3, 0.4) is 0 Å². The molecule has 29 heavy (non-hydrogen) atoms. The molecule has 0 spiro atoms. The zero-order valence-corrected chi connectivity index (χ0v) is 18.2. The van der Waals surface area contributed by atoms with Crippen molar-refractivity contribution in [3.8, 4) is 0 Å². The van der Waals surface area contributed by atoms with Gasteiger partial charge in [-0.25, -0.2) is 9.97 Å². The van der Waals surface area contributed by atoms with E-state index in [2.05, 4.69) is 15.3 Å². The van der Waals surface area contributed by atoms with Crippen LogP contribution in [-0.4, -0.2) is 25.0 Å². The molecular weight excluding hydrogens is 430 g/mol. The lowest BCUT2D eigenvalue weighted by molar-refractivity contribution is 0.103. The molecule has 1 N–H and O–H groups in total. The van der Waals surface area contributed by atoms with E-state index in [0.717, 1.165) is 10.1 Å². The van der Waals surface area contributed by atoms with E-state index in [9.17, 15) is 9.59 Å². The molecule has 10 heteroatoms. The van der Waals surface area contributed by atoms with E-state index in [1.807, 2.05) is 23.9 Å². The van der Waals surface area contributed by atoms with E-state index in [-0.39, 0.29) is 11.5 Å². The Labute approximate surface area is 179 Å². The summed E-state index contributed by atoms with van der Waals surface area (Å²) < 4.78 is 3.30. The van der Waals surface area contributed by atoms with Crippen molar-refractivity contribution in [1.29, 1.82) is 0 Å². The molecule has 0 saturated heterocycles. The lowest BCUT2D eigenvalue weighted by atomic mass is 10.2. The van der Waals surface area contributed by atoms with Gasteiger partial charge in [-0.2, -0.15) is 0 Å². The summed E-state index contributed by atoms with van der Waals surface area (Å²) >= 11 is 8.78. The van der Waals surface area contributed by atoms with Crippen molar-refractivity contribution in [2.45, 2.75) is 17.0 Å². The largest absolute Gasteiger partial charge is 0.329 e. The number of halogens is 1. The van der Waals surface area contributed by atoms with Gasteiger partial charge in [0.15, 0.2) is 5.16 Å². The van der Waals surface area contributed by atoms with E-state index >= 15 is 0 Å². The van der Waals surface area contributed by atoms with Gasteiger partial charge in [-0.1, -0.05) is 11.6 Å². The Hall–Kier alpha value is -2.62. The second-order valence-electron chi connectivity index (χ2n) is 6.41. The highest BCUT2D eigenvalue weighted by atomic mass is 35.5. The van der Waals surface area contributed by atoms with Gasteiger partial charge in [0.1, 0.15) is 4.83 Å². The Morgan fingerprint density at radius 3 is 2.76 bits per heavy atom. The summed E-state index contributed by atoms with van der Waals surface area (Å²) in [5.74, 6) is -0.309. The molecule has 3 aromatic heterocycles. The highest BCUT2D eigenvalue weighted by Gasteiger charge is 2.20. The van der Waals surface area contributed by atoms with Crippen molar-refractivity contribution >= 4 is 56.5 Å². The first kappa shape index (κ1) is 19.7. The van der Waals surface area contributed by atoms with Crippen molar-refractivity contribution in [2.75, 3.05) is 5.32 Å². The Bertz CT molecular complexity index is 1310. The number of amides is 1. The molecule has 0 aliphatic rings. The number of carbonyl (C=O) groups is 1. The average molecular weight is 446 g/mol. The molecule has 4 rings (SSSR count). The van der Waals surface area contributed by atoms with Crippen molar-refractivity contribution in [2.24, 2.45) is 14.1 Å². The number of aryl methyl sites for hydroxylation is 3. The van der Waals surface area contributed by atoms with Crippen LogP contribution in [0.1, 0.15) is 15.2 Å². The molecule has 0 aliphatic carbocycles. The lowest BCUT2D eigenvalue weighted by Crippen LogP contribution is -2.17. The van der Waals surface area contributed by atoms with Crippen molar-refractivity contribution in [1.82, 2.24) is 19.1 Å². The average Bonchev–Trinajstić information content (AvgIpc) is 3.24. The fraction of sp³-hybridized carbons (Fsp3) is 0.158. The number of hydrogen-bond donors (Lipinski definition) is 1. The first-order valence-electron chi connectivity index (χ1n) is 8.56. The number of nitrogens with one attached hydrogen (secondary N) is 1. The van der Waals surface area contributed by atoms with Crippen LogP contribution >= 0.6 is 34.7 Å². The fourth-order valence-electron chi connectivity index (χ4n) is 2.84. The Balaban J connectivity index is 1.70. The third-order valence-corrected chi connectivity index (χ3v) is 6.97. The van der Waals surface area contributed by atoms with E-state index in [1.54, 1.807) is 32.3 Å². The van der Waals surface area contributed by atoms with Gasteiger partial charge >= 0.3 is 0 Å². The normalized spacial score (nSPS) is 11.2. The summed E-state index contributed by atoms with van der Waals surface area (Å²) in [6, 6.07) is 5.30. The van der Waals surface area contributed by atoms with E-state index in [1.165, 1.54) is 34.0 Å². The number of aromatic nitrogens is 4. The van der Waals surface area contributed by atoms with E-state index in [0.29, 0.717) is 31.4 Å². The van der Waals surface area contributed by atoms with Crippen LogP contribution in [0.5, 0.6) is 0 Å². The van der Waals surface area contributed by atoms with Crippen molar-refractivity contribution in [3.63, 3.8) is 0 Å². The van der Waals surface area contributed by atoms with Gasteiger partial charge in [-0.15, -0.1) is 11.3 Å². The SMILES string of the molecule is Cc1c(C(=O)Nc2cc(Cl)ccc2Sc2nccn2C)sc2ncn(C)c(=O)c12. The molecule has 148 valence electrons. The number of benzene rings is 1. The van der Waals surface area contributed by atoms with Crippen LogP contribution in [0.15, 0.2) is 51.8 Å². The molecule has 0 bridgehead atoms. The highest BCUT2D eigenvalue weighted by Crippen LogP contribution is 2.35. The monoisotopic (exact) mass is 445 g/mol. The molecular formula is C19H16ClN5O2S2. The molecule has 0 radical (unpaired) electrons. The molecule has 7 nitrogen and oxygen atoms in total. The van der Waals surface area contributed by atoms with Crippen LogP contribution in [0.25, 0.3) is 10.2 Å². The quantitative estimate of drug-likeness (QED) is 0.511. The number of carbonyl (C=O) groups excluding carboxylic acids is 1. The Morgan fingerprint density at radius 2 is 2.03 bits per heavy atom. The van der Waals surface area contributed by atoms with E-state index in [4.69, 9.17) is 11.6 Å². The highest BCUT2D eigenvalue weighted by molar-refractivity contribution is 7.99. The predicted molar refractivity (Wildman–Crippen MR) is 116 cm³/mol. The van der Waals surface area contributed by atoms with Gasteiger partial charge in [0.25, 0.3) is 11.5 Å². The third-order valence-electron chi connectivity index (χ3n) is 4.38. The number of anilines is 1. The van der Waals surface area contributed by atoms with E-state index < -0.39 is 0 Å². The lowest BCUT2D eigenvalue weighted by Gasteiger charge is -2.11. The smallest absolute Gasteiger partial charge is 0.266 e. The number of hydrogen-bond acceptors (Lipinski definition) is 6. The van der Waals surface area contributed by atoms with Crippen LogP contribution in [0.4, 0.5) is 5.69 Å².